The van der Waals surface area contributed by atoms with Crippen LogP contribution < -0.4 is 0 Å². The van der Waals surface area contributed by atoms with Crippen molar-refractivity contribution in [3.05, 3.63) is 78.4 Å². The standard InChI is InChI=1S/C19H11F4N3/c20-14-4-1-12(2-5-14)18-16-11-13(19(21,22)23)3-6-17(16)26(25-18)15-7-9-24-10-8-15/h1-11H. The van der Waals surface area contributed by atoms with Gasteiger partial charge in [0.25, 0.3) is 0 Å². The first-order valence-corrected chi connectivity index (χ1v) is 7.70. The van der Waals surface area contributed by atoms with Crippen LogP contribution in [-0.4, -0.2) is 14.8 Å². The average Bonchev–Trinajstić information content (AvgIpc) is 3.01. The molecule has 26 heavy (non-hydrogen) atoms. The number of pyridine rings is 1. The van der Waals surface area contributed by atoms with Crippen molar-refractivity contribution in [3.63, 3.8) is 0 Å². The number of alkyl halides is 3. The Labute approximate surface area is 145 Å². The van der Waals surface area contributed by atoms with Gasteiger partial charge in [-0.05, 0) is 54.6 Å². The van der Waals surface area contributed by atoms with Crippen molar-refractivity contribution in [2.24, 2.45) is 0 Å². The van der Waals surface area contributed by atoms with E-state index in [2.05, 4.69) is 10.1 Å². The summed E-state index contributed by atoms with van der Waals surface area (Å²) < 4.78 is 54.2. The number of rotatable bonds is 2. The Hall–Kier alpha value is -3.22. The molecule has 0 amide bonds. The van der Waals surface area contributed by atoms with Crippen LogP contribution in [0, 0.1) is 5.82 Å². The second-order valence-corrected chi connectivity index (χ2v) is 5.70. The van der Waals surface area contributed by atoms with Crippen LogP contribution in [-0.2, 0) is 6.18 Å². The Kier molecular flexibility index (Phi) is 3.72. The van der Waals surface area contributed by atoms with E-state index in [-0.39, 0.29) is 0 Å². The first-order chi connectivity index (χ1) is 12.4. The predicted molar refractivity (Wildman–Crippen MR) is 89.3 cm³/mol. The van der Waals surface area contributed by atoms with Crippen LogP contribution in [0.5, 0.6) is 0 Å². The predicted octanol–water partition coefficient (Wildman–Crippen LogP) is 5.25. The summed E-state index contributed by atoms with van der Waals surface area (Å²) in [5.41, 5.74) is 1.30. The van der Waals surface area contributed by atoms with Gasteiger partial charge in [0.05, 0.1) is 16.8 Å². The molecule has 0 bridgehead atoms. The number of hydrogen-bond acceptors (Lipinski definition) is 2. The zero-order chi connectivity index (χ0) is 18.3. The minimum atomic E-state index is -4.47. The number of fused-ring (bicyclic) bond motifs is 1. The number of nitrogens with zero attached hydrogens (tertiary/aromatic N) is 3. The molecule has 2 aromatic carbocycles. The van der Waals surface area contributed by atoms with Gasteiger partial charge in [-0.3, -0.25) is 4.98 Å². The molecule has 0 saturated carbocycles. The Bertz CT molecular complexity index is 1070. The highest BCUT2D eigenvalue weighted by Gasteiger charge is 2.31. The van der Waals surface area contributed by atoms with Gasteiger partial charge in [0.1, 0.15) is 11.5 Å². The zero-order valence-electron chi connectivity index (χ0n) is 13.2. The van der Waals surface area contributed by atoms with Crippen molar-refractivity contribution in [3.8, 4) is 16.9 Å². The lowest BCUT2D eigenvalue weighted by Crippen LogP contribution is -2.04. The Morgan fingerprint density at radius 3 is 2.19 bits per heavy atom. The Balaban J connectivity index is 2.01. The van der Waals surface area contributed by atoms with Crippen molar-refractivity contribution in [2.45, 2.75) is 6.18 Å². The third-order valence-electron chi connectivity index (χ3n) is 4.03. The summed E-state index contributed by atoms with van der Waals surface area (Å²) in [7, 11) is 0. The third-order valence-corrected chi connectivity index (χ3v) is 4.03. The van der Waals surface area contributed by atoms with E-state index >= 15 is 0 Å². The molecule has 2 heterocycles. The van der Waals surface area contributed by atoms with Crippen molar-refractivity contribution in [2.75, 3.05) is 0 Å². The number of aromatic nitrogens is 3. The molecule has 0 spiro atoms. The molecule has 0 saturated heterocycles. The second-order valence-electron chi connectivity index (χ2n) is 5.70. The lowest BCUT2D eigenvalue weighted by molar-refractivity contribution is -0.137. The highest BCUT2D eigenvalue weighted by atomic mass is 19.4. The van der Waals surface area contributed by atoms with Crippen LogP contribution in [0.2, 0.25) is 0 Å². The van der Waals surface area contributed by atoms with Crippen molar-refractivity contribution in [1.82, 2.24) is 14.8 Å². The maximum absolute atomic E-state index is 13.2. The van der Waals surface area contributed by atoms with E-state index in [0.29, 0.717) is 27.8 Å². The first kappa shape index (κ1) is 16.3. The second kappa shape index (κ2) is 5.94. The van der Waals surface area contributed by atoms with Crippen LogP contribution >= 0.6 is 0 Å². The van der Waals surface area contributed by atoms with E-state index in [4.69, 9.17) is 0 Å². The van der Waals surface area contributed by atoms with E-state index in [0.717, 1.165) is 12.1 Å². The fourth-order valence-electron chi connectivity index (χ4n) is 2.80. The topological polar surface area (TPSA) is 30.7 Å². The van der Waals surface area contributed by atoms with Gasteiger partial charge < -0.3 is 0 Å². The minimum Gasteiger partial charge on any atom is -0.265 e. The van der Waals surface area contributed by atoms with Gasteiger partial charge in [-0.1, -0.05) is 0 Å². The molecule has 130 valence electrons. The molecule has 4 aromatic rings. The molecule has 4 rings (SSSR count). The van der Waals surface area contributed by atoms with Crippen LogP contribution in [0.3, 0.4) is 0 Å². The molecule has 0 aliphatic rings. The maximum Gasteiger partial charge on any atom is 0.416 e. The monoisotopic (exact) mass is 357 g/mol. The van der Waals surface area contributed by atoms with Gasteiger partial charge in [0.2, 0.25) is 0 Å². The summed E-state index contributed by atoms with van der Waals surface area (Å²) in [5, 5.41) is 4.82. The van der Waals surface area contributed by atoms with E-state index in [9.17, 15) is 17.6 Å². The molecule has 3 nitrogen and oxygen atoms in total. The maximum atomic E-state index is 13.2. The number of benzene rings is 2. The fourth-order valence-corrected chi connectivity index (χ4v) is 2.80. The fraction of sp³-hybridized carbons (Fsp3) is 0.0526. The molecule has 0 unspecified atom stereocenters. The summed E-state index contributed by atoms with van der Waals surface area (Å²) in [4.78, 5) is 3.94. The summed E-state index contributed by atoms with van der Waals surface area (Å²) >= 11 is 0. The lowest BCUT2D eigenvalue weighted by atomic mass is 10.1. The first-order valence-electron chi connectivity index (χ1n) is 7.70. The van der Waals surface area contributed by atoms with E-state index in [1.807, 2.05) is 0 Å². The van der Waals surface area contributed by atoms with Crippen molar-refractivity contribution >= 4 is 10.9 Å². The van der Waals surface area contributed by atoms with Gasteiger partial charge in [-0.15, -0.1) is 0 Å². The normalized spacial score (nSPS) is 11.8. The molecule has 0 aliphatic heterocycles. The van der Waals surface area contributed by atoms with Crippen LogP contribution in [0.15, 0.2) is 67.0 Å². The average molecular weight is 357 g/mol. The van der Waals surface area contributed by atoms with Gasteiger partial charge in [0, 0.05) is 23.3 Å². The summed E-state index contributed by atoms with van der Waals surface area (Å²) in [6.07, 6.45) is -1.32. The van der Waals surface area contributed by atoms with E-state index < -0.39 is 17.6 Å². The zero-order valence-corrected chi connectivity index (χ0v) is 13.2. The summed E-state index contributed by atoms with van der Waals surface area (Å²) in [5.74, 6) is -0.428. The Morgan fingerprint density at radius 2 is 1.54 bits per heavy atom. The molecule has 0 fully saturated rings. The highest BCUT2D eigenvalue weighted by molar-refractivity contribution is 5.94. The van der Waals surface area contributed by atoms with Crippen LogP contribution in [0.25, 0.3) is 27.8 Å². The van der Waals surface area contributed by atoms with Crippen molar-refractivity contribution in [1.29, 1.82) is 0 Å². The molecule has 0 atom stereocenters. The molecular formula is C19H11F4N3. The minimum absolute atomic E-state index is 0.336. The van der Waals surface area contributed by atoms with Gasteiger partial charge in [0.15, 0.2) is 0 Å². The van der Waals surface area contributed by atoms with Gasteiger partial charge in [-0.2, -0.15) is 18.3 Å². The van der Waals surface area contributed by atoms with Gasteiger partial charge >= 0.3 is 6.18 Å². The summed E-state index contributed by atoms with van der Waals surface area (Å²) in [6.45, 7) is 0. The smallest absolute Gasteiger partial charge is 0.265 e. The van der Waals surface area contributed by atoms with Gasteiger partial charge in [-0.25, -0.2) is 9.07 Å². The summed E-state index contributed by atoms with van der Waals surface area (Å²) in [6, 6.07) is 12.4. The molecule has 2 aromatic heterocycles. The molecule has 0 aliphatic carbocycles. The van der Waals surface area contributed by atoms with E-state index in [1.165, 1.54) is 30.3 Å². The number of halogens is 4. The third kappa shape index (κ3) is 2.81. The largest absolute Gasteiger partial charge is 0.416 e. The number of hydrogen-bond donors (Lipinski definition) is 0. The van der Waals surface area contributed by atoms with Crippen LogP contribution in [0.1, 0.15) is 5.56 Å². The highest BCUT2D eigenvalue weighted by Crippen LogP contribution is 2.36. The Morgan fingerprint density at radius 1 is 0.846 bits per heavy atom. The van der Waals surface area contributed by atoms with Crippen LogP contribution in [0.4, 0.5) is 17.6 Å². The van der Waals surface area contributed by atoms with E-state index in [1.54, 1.807) is 29.2 Å². The molecular weight excluding hydrogens is 346 g/mol. The molecule has 0 radical (unpaired) electrons. The molecule has 7 heteroatoms. The van der Waals surface area contributed by atoms with Crippen molar-refractivity contribution < 1.29 is 17.6 Å². The quantitative estimate of drug-likeness (QED) is 0.459. The SMILES string of the molecule is Fc1ccc(-c2nn(-c3ccncc3)c3ccc(C(F)(F)F)cc23)cc1. The lowest BCUT2D eigenvalue weighted by Gasteiger charge is -2.07. The molecule has 0 N–H and O–H groups in total.